The Morgan fingerprint density at radius 1 is 1.18 bits per heavy atom. The van der Waals surface area contributed by atoms with Crippen LogP contribution in [0.2, 0.25) is 0 Å². The summed E-state index contributed by atoms with van der Waals surface area (Å²) in [4.78, 5) is 0. The van der Waals surface area contributed by atoms with E-state index in [1.54, 1.807) is 6.08 Å². The standard InChI is InChI=1S/C17H20/c1-6-8-9-15(7-2)17-11-14(5)10-16(12-17)13(3)4/h6-12H,1,3H2,2,4-5H3/b9-8-,15-7+. The molecule has 0 bridgehead atoms. The van der Waals surface area contributed by atoms with E-state index < -0.39 is 0 Å². The molecule has 0 N–H and O–H groups in total. The van der Waals surface area contributed by atoms with Crippen molar-refractivity contribution >= 4 is 11.1 Å². The Hall–Kier alpha value is -1.82. The fraction of sp³-hybridized carbons (Fsp3) is 0.176. The first-order chi connectivity index (χ1) is 8.08. The Morgan fingerprint density at radius 2 is 1.82 bits per heavy atom. The van der Waals surface area contributed by atoms with Crippen molar-refractivity contribution in [2.75, 3.05) is 0 Å². The Kier molecular flexibility index (Phi) is 4.71. The van der Waals surface area contributed by atoms with Gasteiger partial charge < -0.3 is 0 Å². The first kappa shape index (κ1) is 13.2. The summed E-state index contributed by atoms with van der Waals surface area (Å²) in [5.74, 6) is 0. The van der Waals surface area contributed by atoms with Gasteiger partial charge >= 0.3 is 0 Å². The molecular weight excluding hydrogens is 204 g/mol. The lowest BCUT2D eigenvalue weighted by molar-refractivity contribution is 1.41. The molecule has 0 radical (unpaired) electrons. The molecule has 0 amide bonds. The van der Waals surface area contributed by atoms with Crippen LogP contribution in [0.1, 0.15) is 30.5 Å². The summed E-state index contributed by atoms with van der Waals surface area (Å²) >= 11 is 0. The van der Waals surface area contributed by atoms with Crippen LogP contribution in [0.3, 0.4) is 0 Å². The molecule has 0 saturated carbocycles. The van der Waals surface area contributed by atoms with Crippen molar-refractivity contribution < 1.29 is 0 Å². The van der Waals surface area contributed by atoms with Gasteiger partial charge in [0.15, 0.2) is 0 Å². The van der Waals surface area contributed by atoms with Crippen LogP contribution < -0.4 is 0 Å². The van der Waals surface area contributed by atoms with Gasteiger partial charge in [0.25, 0.3) is 0 Å². The maximum Gasteiger partial charge on any atom is -0.0179 e. The van der Waals surface area contributed by atoms with Gasteiger partial charge in [-0.3, -0.25) is 0 Å². The van der Waals surface area contributed by atoms with Gasteiger partial charge in [-0.1, -0.05) is 55.2 Å². The van der Waals surface area contributed by atoms with Crippen molar-refractivity contribution in [3.63, 3.8) is 0 Å². The molecule has 1 rings (SSSR count). The van der Waals surface area contributed by atoms with E-state index in [0.717, 1.165) is 5.57 Å². The van der Waals surface area contributed by atoms with E-state index >= 15 is 0 Å². The predicted molar refractivity (Wildman–Crippen MR) is 78.9 cm³/mol. The topological polar surface area (TPSA) is 0 Å². The fourth-order valence-electron chi connectivity index (χ4n) is 1.73. The molecule has 0 nitrogen and oxygen atoms in total. The second kappa shape index (κ2) is 6.05. The maximum absolute atomic E-state index is 4.00. The number of hydrogen-bond acceptors (Lipinski definition) is 0. The van der Waals surface area contributed by atoms with Gasteiger partial charge in [-0.2, -0.15) is 0 Å². The lowest BCUT2D eigenvalue weighted by Gasteiger charge is -2.08. The fourth-order valence-corrected chi connectivity index (χ4v) is 1.73. The molecular formula is C17H20. The molecule has 0 aliphatic carbocycles. The molecule has 0 aliphatic rings. The van der Waals surface area contributed by atoms with Gasteiger partial charge in [0.2, 0.25) is 0 Å². The van der Waals surface area contributed by atoms with Gasteiger partial charge in [0.1, 0.15) is 0 Å². The smallest absolute Gasteiger partial charge is 0.0179 e. The zero-order valence-corrected chi connectivity index (χ0v) is 11.0. The van der Waals surface area contributed by atoms with E-state index in [4.69, 9.17) is 0 Å². The number of aryl methyl sites for hydroxylation is 1. The first-order valence-corrected chi connectivity index (χ1v) is 5.82. The molecule has 88 valence electrons. The zero-order chi connectivity index (χ0) is 12.8. The van der Waals surface area contributed by atoms with Crippen LogP contribution in [0.15, 0.2) is 55.7 Å². The van der Waals surface area contributed by atoms with Crippen LogP contribution in [0.4, 0.5) is 0 Å². The number of hydrogen-bond donors (Lipinski definition) is 0. The zero-order valence-electron chi connectivity index (χ0n) is 11.0. The minimum Gasteiger partial charge on any atom is -0.0991 e. The lowest BCUT2D eigenvalue weighted by atomic mass is 9.97. The molecule has 0 fully saturated rings. The third kappa shape index (κ3) is 3.60. The van der Waals surface area contributed by atoms with E-state index in [-0.39, 0.29) is 0 Å². The lowest BCUT2D eigenvalue weighted by Crippen LogP contribution is -1.87. The summed E-state index contributed by atoms with van der Waals surface area (Å²) < 4.78 is 0. The second-order valence-electron chi connectivity index (χ2n) is 4.21. The first-order valence-electron chi connectivity index (χ1n) is 5.82. The van der Waals surface area contributed by atoms with Crippen LogP contribution in [-0.2, 0) is 0 Å². The largest absolute Gasteiger partial charge is 0.0991 e. The van der Waals surface area contributed by atoms with E-state index in [9.17, 15) is 0 Å². The second-order valence-corrected chi connectivity index (χ2v) is 4.21. The maximum atomic E-state index is 4.00. The van der Waals surface area contributed by atoms with E-state index in [0.29, 0.717) is 0 Å². The van der Waals surface area contributed by atoms with Crippen LogP contribution >= 0.6 is 0 Å². The Labute approximate surface area is 105 Å². The van der Waals surface area contributed by atoms with E-state index in [1.807, 2.05) is 19.9 Å². The molecule has 0 aliphatic heterocycles. The molecule has 0 saturated heterocycles. The molecule has 0 atom stereocenters. The third-order valence-corrected chi connectivity index (χ3v) is 2.63. The highest BCUT2D eigenvalue weighted by atomic mass is 14.1. The minimum atomic E-state index is 1.10. The van der Waals surface area contributed by atoms with Crippen molar-refractivity contribution in [2.24, 2.45) is 0 Å². The number of rotatable bonds is 4. The molecule has 17 heavy (non-hydrogen) atoms. The summed E-state index contributed by atoms with van der Waals surface area (Å²) in [6.07, 6.45) is 7.93. The van der Waals surface area contributed by atoms with Crippen molar-refractivity contribution in [1.29, 1.82) is 0 Å². The van der Waals surface area contributed by atoms with Crippen LogP contribution in [0, 0.1) is 6.92 Å². The molecule has 0 aromatic heterocycles. The minimum absolute atomic E-state index is 1.10. The normalized spacial score (nSPS) is 11.8. The van der Waals surface area contributed by atoms with Crippen molar-refractivity contribution in [1.82, 2.24) is 0 Å². The number of allylic oxidation sites excluding steroid dienone is 6. The molecule has 1 aromatic rings. The average molecular weight is 224 g/mol. The number of benzene rings is 1. The highest BCUT2D eigenvalue weighted by molar-refractivity contribution is 5.77. The summed E-state index contributed by atoms with van der Waals surface area (Å²) in [6.45, 7) is 13.9. The summed E-state index contributed by atoms with van der Waals surface area (Å²) in [5.41, 5.74) is 5.98. The molecule has 1 aromatic carbocycles. The molecule has 0 unspecified atom stereocenters. The van der Waals surface area contributed by atoms with Gasteiger partial charge in [-0.05, 0) is 49.1 Å². The highest BCUT2D eigenvalue weighted by Gasteiger charge is 2.01. The van der Waals surface area contributed by atoms with Crippen molar-refractivity contribution in [2.45, 2.75) is 20.8 Å². The molecule has 0 spiro atoms. The third-order valence-electron chi connectivity index (χ3n) is 2.63. The molecule has 0 heterocycles. The summed E-state index contributed by atoms with van der Waals surface area (Å²) in [5, 5.41) is 0. The van der Waals surface area contributed by atoms with E-state index in [1.165, 1.54) is 22.3 Å². The Bertz CT molecular complexity index is 485. The monoisotopic (exact) mass is 224 g/mol. The Balaban J connectivity index is 3.25. The van der Waals surface area contributed by atoms with Crippen molar-refractivity contribution in [3.05, 3.63) is 72.4 Å². The van der Waals surface area contributed by atoms with Crippen molar-refractivity contribution in [3.8, 4) is 0 Å². The van der Waals surface area contributed by atoms with Gasteiger partial charge in [0.05, 0.1) is 0 Å². The summed E-state index contributed by atoms with van der Waals surface area (Å²) in [7, 11) is 0. The van der Waals surface area contributed by atoms with Crippen LogP contribution in [0.5, 0.6) is 0 Å². The van der Waals surface area contributed by atoms with E-state index in [2.05, 4.69) is 50.4 Å². The predicted octanol–water partition coefficient (Wildman–Crippen LogP) is 5.17. The van der Waals surface area contributed by atoms with Gasteiger partial charge in [-0.25, -0.2) is 0 Å². The SMILES string of the molecule is C=C/C=C\C(=C/C)c1cc(C)cc(C(=C)C)c1. The van der Waals surface area contributed by atoms with Gasteiger partial charge in [-0.15, -0.1) is 0 Å². The quantitative estimate of drug-likeness (QED) is 0.619. The molecule has 0 heteroatoms. The van der Waals surface area contributed by atoms with Crippen LogP contribution in [-0.4, -0.2) is 0 Å². The highest BCUT2D eigenvalue weighted by Crippen LogP contribution is 2.22. The van der Waals surface area contributed by atoms with Crippen LogP contribution in [0.25, 0.3) is 11.1 Å². The summed E-state index contributed by atoms with van der Waals surface area (Å²) in [6, 6.07) is 6.53. The Morgan fingerprint density at radius 3 is 2.35 bits per heavy atom. The average Bonchev–Trinajstić information content (AvgIpc) is 2.29. The van der Waals surface area contributed by atoms with Gasteiger partial charge in [0, 0.05) is 0 Å².